The number of hydrogen-bond acceptors (Lipinski definition) is 3. The van der Waals surface area contributed by atoms with Crippen molar-refractivity contribution in [3.05, 3.63) is 63.8 Å². The molecule has 0 aliphatic rings. The number of fused-ring (bicyclic) bond motifs is 1. The van der Waals surface area contributed by atoms with Crippen LogP contribution in [-0.2, 0) is 12.6 Å². The van der Waals surface area contributed by atoms with Crippen LogP contribution in [0.5, 0.6) is 5.75 Å². The average Bonchev–Trinajstić information content (AvgIpc) is 3.07. The van der Waals surface area contributed by atoms with Crippen molar-refractivity contribution in [2.45, 2.75) is 39.8 Å². The first-order chi connectivity index (χ1) is 14.6. The topological polar surface area (TPSA) is 54.1 Å². The minimum absolute atomic E-state index is 0.0447. The number of aromatic nitrogens is 1. The highest BCUT2D eigenvalue weighted by molar-refractivity contribution is 7.97. The molecule has 8 heteroatoms. The van der Waals surface area contributed by atoms with Crippen molar-refractivity contribution in [3.8, 4) is 5.75 Å². The van der Waals surface area contributed by atoms with E-state index in [1.807, 2.05) is 32.9 Å². The van der Waals surface area contributed by atoms with Crippen molar-refractivity contribution in [1.29, 1.82) is 0 Å². The van der Waals surface area contributed by atoms with Crippen LogP contribution in [0.4, 0.5) is 13.2 Å². The lowest BCUT2D eigenvalue weighted by Crippen LogP contribution is -2.17. The number of nitrogens with one attached hydrogen (secondary N) is 2. The Balaban J connectivity index is 1.87. The van der Waals surface area contributed by atoms with Crippen LogP contribution in [0, 0.1) is 20.8 Å². The standard InChI is InChI=1S/C23H25F3N2O2S/c1-13-11-16(12-14(2)15(13)3)30-10-6-7-17-20-18(23(24,25)26)8-5-9-19(20)27-21(17)22(29)28-31-4/h5,8-9,11-12,27H,6-7,10H2,1-4H3,(H,28,29). The zero-order valence-corrected chi connectivity index (χ0v) is 18.7. The van der Waals surface area contributed by atoms with E-state index in [0.717, 1.165) is 34.9 Å². The number of halogens is 3. The monoisotopic (exact) mass is 450 g/mol. The Morgan fingerprint density at radius 1 is 1.16 bits per heavy atom. The molecule has 0 unspecified atom stereocenters. The van der Waals surface area contributed by atoms with Gasteiger partial charge in [0.15, 0.2) is 0 Å². The number of aromatic amines is 1. The molecule has 0 spiro atoms. The van der Waals surface area contributed by atoms with Gasteiger partial charge in [-0.15, -0.1) is 0 Å². The summed E-state index contributed by atoms with van der Waals surface area (Å²) in [5.74, 6) is 0.286. The molecular weight excluding hydrogens is 425 g/mol. The van der Waals surface area contributed by atoms with Gasteiger partial charge in [-0.2, -0.15) is 13.2 Å². The maximum absolute atomic E-state index is 13.6. The summed E-state index contributed by atoms with van der Waals surface area (Å²) >= 11 is 1.10. The lowest BCUT2D eigenvalue weighted by atomic mass is 10.0. The summed E-state index contributed by atoms with van der Waals surface area (Å²) < 4.78 is 49.3. The number of benzene rings is 2. The van der Waals surface area contributed by atoms with Gasteiger partial charge in [-0.05, 0) is 80.1 Å². The van der Waals surface area contributed by atoms with Gasteiger partial charge in [-0.1, -0.05) is 18.0 Å². The lowest BCUT2D eigenvalue weighted by molar-refractivity contribution is -0.136. The minimum atomic E-state index is -4.52. The molecular formula is C23H25F3N2O2S. The number of ether oxygens (including phenoxy) is 1. The Kier molecular flexibility index (Phi) is 6.89. The second-order valence-electron chi connectivity index (χ2n) is 7.47. The number of hydrogen-bond donors (Lipinski definition) is 2. The summed E-state index contributed by atoms with van der Waals surface area (Å²) in [7, 11) is 0. The third-order valence-corrected chi connectivity index (χ3v) is 5.78. The largest absolute Gasteiger partial charge is 0.494 e. The molecule has 0 aliphatic carbocycles. The molecule has 31 heavy (non-hydrogen) atoms. The molecule has 4 nitrogen and oxygen atoms in total. The fourth-order valence-electron chi connectivity index (χ4n) is 3.66. The number of carbonyl (C=O) groups excluding carboxylic acids is 1. The van der Waals surface area contributed by atoms with E-state index in [4.69, 9.17) is 4.74 Å². The van der Waals surface area contributed by atoms with E-state index in [2.05, 4.69) is 9.71 Å². The molecule has 0 aliphatic heterocycles. The Hall–Kier alpha value is -2.61. The van der Waals surface area contributed by atoms with E-state index in [-0.39, 0.29) is 17.5 Å². The Morgan fingerprint density at radius 2 is 1.84 bits per heavy atom. The van der Waals surface area contributed by atoms with Gasteiger partial charge in [0.05, 0.1) is 12.2 Å². The van der Waals surface area contributed by atoms with E-state index in [1.54, 1.807) is 12.3 Å². The normalized spacial score (nSPS) is 11.7. The van der Waals surface area contributed by atoms with Gasteiger partial charge in [0.2, 0.25) is 0 Å². The lowest BCUT2D eigenvalue weighted by Gasteiger charge is -2.12. The van der Waals surface area contributed by atoms with E-state index < -0.39 is 17.6 Å². The molecule has 0 radical (unpaired) electrons. The molecule has 3 aromatic rings. The van der Waals surface area contributed by atoms with Crippen LogP contribution in [0.3, 0.4) is 0 Å². The first-order valence-corrected chi connectivity index (χ1v) is 11.1. The van der Waals surface area contributed by atoms with Crippen LogP contribution in [0.25, 0.3) is 10.9 Å². The van der Waals surface area contributed by atoms with Gasteiger partial charge in [-0.25, -0.2) is 0 Å². The maximum Gasteiger partial charge on any atom is 0.417 e. The summed E-state index contributed by atoms with van der Waals surface area (Å²) in [5, 5.41) is 0.0447. The zero-order chi connectivity index (χ0) is 22.8. The summed E-state index contributed by atoms with van der Waals surface area (Å²) in [5.41, 5.74) is 3.51. The van der Waals surface area contributed by atoms with E-state index in [1.165, 1.54) is 11.6 Å². The first-order valence-electron chi connectivity index (χ1n) is 9.88. The smallest absolute Gasteiger partial charge is 0.417 e. The highest BCUT2D eigenvalue weighted by atomic mass is 32.2. The highest BCUT2D eigenvalue weighted by Gasteiger charge is 2.34. The van der Waals surface area contributed by atoms with Crippen LogP contribution >= 0.6 is 11.9 Å². The fraction of sp³-hybridized carbons (Fsp3) is 0.348. The van der Waals surface area contributed by atoms with Gasteiger partial charge >= 0.3 is 6.18 Å². The predicted molar refractivity (Wildman–Crippen MR) is 119 cm³/mol. The van der Waals surface area contributed by atoms with E-state index in [0.29, 0.717) is 24.1 Å². The van der Waals surface area contributed by atoms with Crippen LogP contribution in [0.2, 0.25) is 0 Å². The molecule has 2 aromatic carbocycles. The highest BCUT2D eigenvalue weighted by Crippen LogP contribution is 2.38. The maximum atomic E-state index is 13.6. The molecule has 0 fully saturated rings. The molecule has 0 saturated carbocycles. The van der Waals surface area contributed by atoms with Crippen LogP contribution in [0.15, 0.2) is 30.3 Å². The van der Waals surface area contributed by atoms with Crippen molar-refractivity contribution in [2.75, 3.05) is 12.9 Å². The Morgan fingerprint density at radius 3 is 2.45 bits per heavy atom. The second-order valence-corrected chi connectivity index (χ2v) is 8.09. The molecule has 3 rings (SSSR count). The van der Waals surface area contributed by atoms with Crippen molar-refractivity contribution >= 4 is 28.8 Å². The molecule has 1 aromatic heterocycles. The van der Waals surface area contributed by atoms with Crippen molar-refractivity contribution < 1.29 is 22.7 Å². The Bertz CT molecular complexity index is 1080. The van der Waals surface area contributed by atoms with E-state index in [9.17, 15) is 18.0 Å². The van der Waals surface area contributed by atoms with Crippen molar-refractivity contribution in [3.63, 3.8) is 0 Å². The molecule has 166 valence electrons. The molecule has 2 N–H and O–H groups in total. The molecule has 0 bridgehead atoms. The number of aryl methyl sites for hydroxylation is 3. The fourth-order valence-corrected chi connectivity index (χ4v) is 3.95. The van der Waals surface area contributed by atoms with Crippen molar-refractivity contribution in [2.24, 2.45) is 0 Å². The van der Waals surface area contributed by atoms with Crippen LogP contribution < -0.4 is 9.46 Å². The third-order valence-electron chi connectivity index (χ3n) is 5.40. The summed E-state index contributed by atoms with van der Waals surface area (Å²) in [6.45, 7) is 6.39. The van der Waals surface area contributed by atoms with Gasteiger partial charge in [0.1, 0.15) is 11.4 Å². The minimum Gasteiger partial charge on any atom is -0.494 e. The SMILES string of the molecule is CSNC(=O)c1[nH]c2cccc(C(F)(F)F)c2c1CCCOc1cc(C)c(C)c(C)c1. The molecule has 1 amide bonds. The summed E-state index contributed by atoms with van der Waals surface area (Å²) in [4.78, 5) is 15.4. The summed E-state index contributed by atoms with van der Waals surface area (Å²) in [6, 6.07) is 7.84. The number of rotatable bonds is 7. The second kappa shape index (κ2) is 9.26. The molecule has 1 heterocycles. The number of amides is 1. The van der Waals surface area contributed by atoms with Gasteiger partial charge in [-0.3, -0.25) is 9.52 Å². The van der Waals surface area contributed by atoms with Crippen LogP contribution in [-0.4, -0.2) is 23.8 Å². The average molecular weight is 451 g/mol. The number of carbonyl (C=O) groups is 1. The first kappa shape index (κ1) is 23.1. The molecule has 0 atom stereocenters. The van der Waals surface area contributed by atoms with Crippen LogP contribution in [0.1, 0.15) is 44.7 Å². The Labute approximate surface area is 183 Å². The third kappa shape index (κ3) is 5.01. The van der Waals surface area contributed by atoms with Gasteiger partial charge in [0, 0.05) is 17.2 Å². The quantitative estimate of drug-likeness (QED) is 0.336. The van der Waals surface area contributed by atoms with Gasteiger partial charge < -0.3 is 9.72 Å². The van der Waals surface area contributed by atoms with Crippen molar-refractivity contribution in [1.82, 2.24) is 9.71 Å². The predicted octanol–water partition coefficient (Wildman–Crippen LogP) is 6.13. The number of alkyl halides is 3. The summed E-state index contributed by atoms with van der Waals surface area (Å²) in [6.07, 6.45) is -2.10. The number of H-pyrrole nitrogens is 1. The van der Waals surface area contributed by atoms with E-state index >= 15 is 0 Å². The molecule has 0 saturated heterocycles. The van der Waals surface area contributed by atoms with Gasteiger partial charge in [0.25, 0.3) is 5.91 Å². The zero-order valence-electron chi connectivity index (χ0n) is 17.9.